The molecular formula is C14H22N6. The quantitative estimate of drug-likeness (QED) is 0.861. The molecule has 2 N–H and O–H groups in total. The summed E-state index contributed by atoms with van der Waals surface area (Å²) in [7, 11) is 2.21. The van der Waals surface area contributed by atoms with E-state index in [9.17, 15) is 0 Å². The zero-order valence-corrected chi connectivity index (χ0v) is 12.2. The molecule has 108 valence electrons. The molecule has 1 saturated carbocycles. The highest BCUT2D eigenvalue weighted by Gasteiger charge is 2.32. The molecule has 20 heavy (non-hydrogen) atoms. The molecule has 1 aliphatic carbocycles. The van der Waals surface area contributed by atoms with Crippen LogP contribution in [0.5, 0.6) is 0 Å². The lowest BCUT2D eigenvalue weighted by Gasteiger charge is -2.16. The summed E-state index contributed by atoms with van der Waals surface area (Å²) in [6.45, 7) is 5.57. The van der Waals surface area contributed by atoms with Crippen molar-refractivity contribution in [2.45, 2.75) is 26.3 Å². The minimum absolute atomic E-state index is 0.452. The van der Waals surface area contributed by atoms with Gasteiger partial charge in [0.05, 0.1) is 6.33 Å². The number of fused-ring (bicyclic) bond motifs is 1. The molecule has 6 heteroatoms. The zero-order valence-electron chi connectivity index (χ0n) is 12.2. The topological polar surface area (TPSA) is 72.9 Å². The normalized spacial score (nSPS) is 21.8. The largest absolute Gasteiger partial charge is 0.382 e. The van der Waals surface area contributed by atoms with Crippen LogP contribution in [0, 0.1) is 11.8 Å². The van der Waals surface area contributed by atoms with Crippen LogP contribution in [0.4, 0.5) is 5.82 Å². The lowest BCUT2D eigenvalue weighted by Crippen LogP contribution is -2.23. The summed E-state index contributed by atoms with van der Waals surface area (Å²) >= 11 is 0. The summed E-state index contributed by atoms with van der Waals surface area (Å²) in [5, 5.41) is 0. The van der Waals surface area contributed by atoms with E-state index in [2.05, 4.69) is 38.4 Å². The summed E-state index contributed by atoms with van der Waals surface area (Å²) in [6, 6.07) is 0. The highest BCUT2D eigenvalue weighted by molar-refractivity contribution is 5.80. The Morgan fingerprint density at radius 2 is 2.20 bits per heavy atom. The second-order valence-corrected chi connectivity index (χ2v) is 5.96. The Morgan fingerprint density at radius 1 is 1.40 bits per heavy atom. The van der Waals surface area contributed by atoms with Gasteiger partial charge in [0, 0.05) is 13.1 Å². The predicted molar refractivity (Wildman–Crippen MR) is 79.1 cm³/mol. The van der Waals surface area contributed by atoms with E-state index < -0.39 is 0 Å². The number of aryl methyl sites for hydroxylation is 1. The van der Waals surface area contributed by atoms with Gasteiger partial charge in [0.25, 0.3) is 0 Å². The third-order valence-electron chi connectivity index (χ3n) is 4.19. The fraction of sp³-hybridized carbons (Fsp3) is 0.643. The third kappa shape index (κ3) is 2.75. The number of nitrogens with two attached hydrogens (primary N) is 1. The highest BCUT2D eigenvalue weighted by Crippen LogP contribution is 2.37. The Labute approximate surface area is 119 Å². The Kier molecular flexibility index (Phi) is 3.56. The molecule has 0 bridgehead atoms. The van der Waals surface area contributed by atoms with E-state index in [1.54, 1.807) is 6.33 Å². The van der Waals surface area contributed by atoms with Crippen LogP contribution in [0.1, 0.15) is 19.8 Å². The number of imidazole rings is 1. The fourth-order valence-corrected chi connectivity index (χ4v) is 2.72. The van der Waals surface area contributed by atoms with Crippen LogP contribution in [-0.2, 0) is 6.54 Å². The van der Waals surface area contributed by atoms with Crippen LogP contribution in [-0.4, -0.2) is 44.6 Å². The maximum atomic E-state index is 5.79. The second-order valence-electron chi connectivity index (χ2n) is 5.96. The first kappa shape index (κ1) is 13.3. The zero-order chi connectivity index (χ0) is 14.1. The van der Waals surface area contributed by atoms with Crippen molar-refractivity contribution in [2.24, 2.45) is 11.8 Å². The summed E-state index contributed by atoms with van der Waals surface area (Å²) in [6.07, 6.45) is 5.79. The van der Waals surface area contributed by atoms with Crippen molar-refractivity contribution in [3.8, 4) is 0 Å². The van der Waals surface area contributed by atoms with E-state index >= 15 is 0 Å². The van der Waals surface area contributed by atoms with Gasteiger partial charge >= 0.3 is 0 Å². The first-order valence-electron chi connectivity index (χ1n) is 7.25. The van der Waals surface area contributed by atoms with E-state index in [4.69, 9.17) is 5.73 Å². The molecule has 2 heterocycles. The van der Waals surface area contributed by atoms with Crippen molar-refractivity contribution in [3.63, 3.8) is 0 Å². The maximum absolute atomic E-state index is 5.79. The molecule has 0 saturated heterocycles. The van der Waals surface area contributed by atoms with Gasteiger partial charge in [-0.05, 0) is 38.3 Å². The molecule has 2 unspecified atom stereocenters. The average Bonchev–Trinajstić information content (AvgIpc) is 2.94. The molecule has 2 atom stereocenters. The van der Waals surface area contributed by atoms with Gasteiger partial charge in [-0.1, -0.05) is 6.92 Å². The van der Waals surface area contributed by atoms with E-state index in [1.807, 2.05) is 0 Å². The minimum atomic E-state index is 0.452. The SMILES string of the molecule is CC1CC1CN(C)CCCn1cnc2c(N)ncnc21. The van der Waals surface area contributed by atoms with Gasteiger partial charge < -0.3 is 15.2 Å². The van der Waals surface area contributed by atoms with Gasteiger partial charge in [0.15, 0.2) is 11.5 Å². The molecule has 1 aliphatic rings. The number of nitrogens with zero attached hydrogens (tertiary/aromatic N) is 5. The lowest BCUT2D eigenvalue weighted by molar-refractivity contribution is 0.304. The molecule has 0 aromatic carbocycles. The van der Waals surface area contributed by atoms with Gasteiger partial charge in [0.2, 0.25) is 0 Å². The van der Waals surface area contributed by atoms with E-state index in [0.29, 0.717) is 11.3 Å². The van der Waals surface area contributed by atoms with Gasteiger partial charge in [-0.15, -0.1) is 0 Å². The average molecular weight is 274 g/mol. The third-order valence-corrected chi connectivity index (χ3v) is 4.19. The Morgan fingerprint density at radius 3 is 2.95 bits per heavy atom. The number of rotatable bonds is 6. The monoisotopic (exact) mass is 274 g/mol. The molecule has 1 fully saturated rings. The van der Waals surface area contributed by atoms with Crippen molar-refractivity contribution in [2.75, 3.05) is 25.9 Å². The molecule has 0 radical (unpaired) electrons. The molecule has 3 rings (SSSR count). The maximum Gasteiger partial charge on any atom is 0.165 e. The Hall–Kier alpha value is -1.69. The molecule has 0 spiro atoms. The van der Waals surface area contributed by atoms with Crippen molar-refractivity contribution in [1.82, 2.24) is 24.4 Å². The van der Waals surface area contributed by atoms with E-state index in [1.165, 1.54) is 19.3 Å². The van der Waals surface area contributed by atoms with Crippen LogP contribution in [0.25, 0.3) is 11.2 Å². The van der Waals surface area contributed by atoms with Crippen LogP contribution in [0.3, 0.4) is 0 Å². The van der Waals surface area contributed by atoms with Gasteiger partial charge in [-0.2, -0.15) is 0 Å². The van der Waals surface area contributed by atoms with Crippen LogP contribution < -0.4 is 5.73 Å². The first-order chi connectivity index (χ1) is 9.65. The number of hydrogen-bond donors (Lipinski definition) is 1. The fourth-order valence-electron chi connectivity index (χ4n) is 2.72. The molecule has 2 aromatic rings. The van der Waals surface area contributed by atoms with Crippen molar-refractivity contribution < 1.29 is 0 Å². The number of hydrogen-bond acceptors (Lipinski definition) is 5. The number of nitrogen functional groups attached to an aromatic ring is 1. The molecule has 2 aromatic heterocycles. The molecule has 0 aliphatic heterocycles. The van der Waals surface area contributed by atoms with Gasteiger partial charge in [-0.25, -0.2) is 15.0 Å². The standard InChI is InChI=1S/C14H22N6/c1-10-6-11(10)7-19(2)4-3-5-20-9-18-12-13(15)16-8-17-14(12)20/h8-11H,3-7H2,1-2H3,(H2,15,16,17). The van der Waals surface area contributed by atoms with Gasteiger partial charge in [-0.3, -0.25) is 0 Å². The van der Waals surface area contributed by atoms with Crippen LogP contribution in [0.15, 0.2) is 12.7 Å². The predicted octanol–water partition coefficient (Wildman–Crippen LogP) is 1.39. The molecule has 6 nitrogen and oxygen atoms in total. The summed E-state index contributed by atoms with van der Waals surface area (Å²) < 4.78 is 2.06. The summed E-state index contributed by atoms with van der Waals surface area (Å²) in [5.41, 5.74) is 7.32. The Balaban J connectivity index is 1.53. The van der Waals surface area contributed by atoms with E-state index in [-0.39, 0.29) is 0 Å². The smallest absolute Gasteiger partial charge is 0.165 e. The Bertz CT molecular complexity index is 592. The lowest BCUT2D eigenvalue weighted by atomic mass is 10.3. The van der Waals surface area contributed by atoms with Crippen molar-refractivity contribution >= 4 is 17.0 Å². The van der Waals surface area contributed by atoms with Crippen molar-refractivity contribution in [3.05, 3.63) is 12.7 Å². The first-order valence-corrected chi connectivity index (χ1v) is 7.25. The highest BCUT2D eigenvalue weighted by atomic mass is 15.1. The van der Waals surface area contributed by atoms with E-state index in [0.717, 1.165) is 37.0 Å². The molecule has 0 amide bonds. The van der Waals surface area contributed by atoms with Crippen LogP contribution >= 0.6 is 0 Å². The number of aromatic nitrogens is 4. The molecular weight excluding hydrogens is 252 g/mol. The van der Waals surface area contributed by atoms with Crippen molar-refractivity contribution in [1.29, 1.82) is 0 Å². The van der Waals surface area contributed by atoms with Gasteiger partial charge in [0.1, 0.15) is 11.8 Å². The number of anilines is 1. The van der Waals surface area contributed by atoms with Crippen LogP contribution in [0.2, 0.25) is 0 Å². The second kappa shape index (κ2) is 5.36. The summed E-state index contributed by atoms with van der Waals surface area (Å²) in [5.74, 6) is 2.30. The minimum Gasteiger partial charge on any atom is -0.382 e. The summed E-state index contributed by atoms with van der Waals surface area (Å²) in [4.78, 5) is 14.9.